The molecular formula is C8H13BrO4S. The predicted molar refractivity (Wildman–Crippen MR) is 56.9 cm³/mol. The van der Waals surface area contributed by atoms with Crippen LogP contribution in [0.2, 0.25) is 0 Å². The van der Waals surface area contributed by atoms with E-state index in [1.54, 1.807) is 0 Å². The Morgan fingerprint density at radius 1 is 1.21 bits per heavy atom. The number of ether oxygens (including phenoxy) is 4. The topological polar surface area (TPSA) is 36.9 Å². The van der Waals surface area contributed by atoms with Gasteiger partial charge in [0.25, 0.3) is 0 Å². The molecule has 1 atom stereocenters. The molecule has 4 nitrogen and oxygen atoms in total. The monoisotopic (exact) mass is 284 g/mol. The number of alkyl halides is 1. The molecule has 0 amide bonds. The van der Waals surface area contributed by atoms with Crippen LogP contribution in [0.4, 0.5) is 0 Å². The Balaban J connectivity index is 2.02. The van der Waals surface area contributed by atoms with Crippen molar-refractivity contribution in [1.29, 1.82) is 0 Å². The summed E-state index contributed by atoms with van der Waals surface area (Å²) in [6.45, 7) is 2.41. The van der Waals surface area contributed by atoms with Crippen molar-refractivity contribution in [2.45, 2.75) is 17.3 Å². The number of rotatable bonds is 3. The van der Waals surface area contributed by atoms with Crippen molar-refractivity contribution in [3.8, 4) is 0 Å². The Bertz CT molecular complexity index is 192. The Morgan fingerprint density at radius 3 is 2.29 bits per heavy atom. The van der Waals surface area contributed by atoms with Gasteiger partial charge < -0.3 is 18.9 Å². The average molecular weight is 285 g/mol. The van der Waals surface area contributed by atoms with E-state index in [4.69, 9.17) is 18.9 Å². The van der Waals surface area contributed by atoms with Crippen molar-refractivity contribution in [3.05, 3.63) is 0 Å². The smallest absolute Gasteiger partial charge is 0.194 e. The summed E-state index contributed by atoms with van der Waals surface area (Å²) in [6.07, 6.45) is -0.339. The fourth-order valence-electron chi connectivity index (χ4n) is 1.56. The number of hydrogen-bond acceptors (Lipinski definition) is 5. The molecule has 2 fully saturated rings. The lowest BCUT2D eigenvalue weighted by atomic mass is 10.2. The van der Waals surface area contributed by atoms with Gasteiger partial charge in [-0.15, -0.1) is 0 Å². The third-order valence-corrected chi connectivity index (χ3v) is 3.74. The van der Waals surface area contributed by atoms with Crippen molar-refractivity contribution < 1.29 is 18.9 Å². The van der Waals surface area contributed by atoms with Crippen LogP contribution < -0.4 is 0 Å². The zero-order valence-electron chi connectivity index (χ0n) is 7.65. The minimum Gasteiger partial charge on any atom is -0.349 e. The molecule has 2 aliphatic rings. The van der Waals surface area contributed by atoms with Crippen LogP contribution in [0.1, 0.15) is 0 Å². The maximum atomic E-state index is 5.56. The molecule has 0 saturated carbocycles. The van der Waals surface area contributed by atoms with Crippen molar-refractivity contribution >= 4 is 28.6 Å². The molecule has 0 aromatic rings. The molecule has 82 valence electrons. The first kappa shape index (κ1) is 11.2. The molecule has 2 rings (SSSR count). The summed E-state index contributed by atoms with van der Waals surface area (Å²) in [7, 11) is 0. The van der Waals surface area contributed by atoms with Gasteiger partial charge in [0, 0.05) is 0 Å². The lowest BCUT2D eigenvalue weighted by molar-refractivity contribution is -0.180. The van der Waals surface area contributed by atoms with Gasteiger partial charge in [-0.1, -0.05) is 15.9 Å². The molecule has 0 aliphatic carbocycles. The van der Waals surface area contributed by atoms with Gasteiger partial charge in [-0.05, 0) is 0 Å². The molecule has 1 unspecified atom stereocenters. The van der Waals surface area contributed by atoms with E-state index in [-0.39, 0.29) is 11.5 Å². The zero-order valence-corrected chi connectivity index (χ0v) is 10.1. The van der Waals surface area contributed by atoms with E-state index in [0.29, 0.717) is 31.8 Å². The number of halogens is 1. The molecular weight excluding hydrogens is 272 g/mol. The van der Waals surface area contributed by atoms with Gasteiger partial charge in [-0.2, -0.15) is 12.6 Å². The molecule has 2 aliphatic heterocycles. The quantitative estimate of drug-likeness (QED) is 0.614. The van der Waals surface area contributed by atoms with E-state index in [9.17, 15) is 0 Å². The second-order valence-electron chi connectivity index (χ2n) is 3.20. The van der Waals surface area contributed by atoms with Gasteiger partial charge in [0.2, 0.25) is 0 Å². The summed E-state index contributed by atoms with van der Waals surface area (Å²) >= 11 is 7.83. The SMILES string of the molecule is SC(C1OCCO1)C1(CBr)OCCO1. The third-order valence-electron chi connectivity index (χ3n) is 2.32. The fraction of sp³-hybridized carbons (Fsp3) is 1.00. The van der Waals surface area contributed by atoms with Gasteiger partial charge in [0.05, 0.1) is 31.8 Å². The van der Waals surface area contributed by atoms with E-state index in [1.807, 2.05) is 0 Å². The molecule has 0 aromatic carbocycles. The van der Waals surface area contributed by atoms with Crippen LogP contribution in [-0.2, 0) is 18.9 Å². The van der Waals surface area contributed by atoms with Crippen molar-refractivity contribution in [2.24, 2.45) is 0 Å². The van der Waals surface area contributed by atoms with Gasteiger partial charge in [0.15, 0.2) is 12.1 Å². The predicted octanol–water partition coefficient (Wildman–Crippen LogP) is 0.796. The molecule has 2 heterocycles. The van der Waals surface area contributed by atoms with Gasteiger partial charge in [-0.3, -0.25) is 0 Å². The summed E-state index contributed by atoms with van der Waals surface area (Å²) in [4.78, 5) is 0. The van der Waals surface area contributed by atoms with E-state index >= 15 is 0 Å². The zero-order chi connectivity index (χ0) is 10.0. The molecule has 14 heavy (non-hydrogen) atoms. The minimum absolute atomic E-state index is 0.230. The molecule has 0 N–H and O–H groups in total. The van der Waals surface area contributed by atoms with E-state index in [2.05, 4.69) is 28.6 Å². The molecule has 0 bridgehead atoms. The van der Waals surface area contributed by atoms with Gasteiger partial charge in [-0.25, -0.2) is 0 Å². The van der Waals surface area contributed by atoms with Crippen LogP contribution in [-0.4, -0.2) is 49.1 Å². The summed E-state index contributed by atoms with van der Waals surface area (Å²) < 4.78 is 21.9. The van der Waals surface area contributed by atoms with Crippen molar-refractivity contribution in [1.82, 2.24) is 0 Å². The lowest BCUT2D eigenvalue weighted by Crippen LogP contribution is -2.48. The molecule has 0 spiro atoms. The maximum absolute atomic E-state index is 5.56. The Morgan fingerprint density at radius 2 is 1.79 bits per heavy atom. The maximum Gasteiger partial charge on any atom is 0.194 e. The van der Waals surface area contributed by atoms with E-state index < -0.39 is 5.79 Å². The Hall–Kier alpha value is 0.670. The van der Waals surface area contributed by atoms with Crippen LogP contribution >= 0.6 is 28.6 Å². The first-order valence-electron chi connectivity index (χ1n) is 4.54. The van der Waals surface area contributed by atoms with Gasteiger partial charge in [0.1, 0.15) is 5.25 Å². The largest absolute Gasteiger partial charge is 0.349 e. The first-order valence-corrected chi connectivity index (χ1v) is 6.17. The van der Waals surface area contributed by atoms with Crippen LogP contribution in [0.15, 0.2) is 0 Å². The normalized spacial score (nSPS) is 29.6. The standard InChI is InChI=1S/C8H13BrO4S/c9-5-8(12-3-4-13-8)6(14)7-10-1-2-11-7/h6-7,14H,1-5H2. The minimum atomic E-state index is -0.710. The highest BCUT2D eigenvalue weighted by Gasteiger charge is 2.47. The summed E-state index contributed by atoms with van der Waals surface area (Å²) in [5.74, 6) is -0.710. The Labute approximate surface area is 96.8 Å². The average Bonchev–Trinajstić information content (AvgIpc) is 2.89. The van der Waals surface area contributed by atoms with Crippen molar-refractivity contribution in [2.75, 3.05) is 31.8 Å². The molecule has 2 saturated heterocycles. The highest BCUT2D eigenvalue weighted by Crippen LogP contribution is 2.33. The van der Waals surface area contributed by atoms with E-state index in [1.165, 1.54) is 0 Å². The van der Waals surface area contributed by atoms with Crippen LogP contribution in [0, 0.1) is 0 Å². The second-order valence-corrected chi connectivity index (χ2v) is 4.31. The van der Waals surface area contributed by atoms with Crippen LogP contribution in [0.5, 0.6) is 0 Å². The van der Waals surface area contributed by atoms with Gasteiger partial charge >= 0.3 is 0 Å². The highest BCUT2D eigenvalue weighted by molar-refractivity contribution is 9.09. The number of hydrogen-bond donors (Lipinski definition) is 1. The summed E-state index contributed by atoms with van der Waals surface area (Å²) in [5.41, 5.74) is 0. The van der Waals surface area contributed by atoms with Crippen LogP contribution in [0.25, 0.3) is 0 Å². The summed E-state index contributed by atoms with van der Waals surface area (Å²) in [6, 6.07) is 0. The molecule has 0 radical (unpaired) electrons. The third kappa shape index (κ3) is 1.96. The fourth-order valence-corrected chi connectivity index (χ4v) is 2.90. The molecule has 6 heteroatoms. The van der Waals surface area contributed by atoms with Crippen molar-refractivity contribution in [3.63, 3.8) is 0 Å². The van der Waals surface area contributed by atoms with E-state index in [0.717, 1.165) is 0 Å². The Kier molecular flexibility index (Phi) is 3.73. The first-order chi connectivity index (χ1) is 6.78. The highest BCUT2D eigenvalue weighted by atomic mass is 79.9. The number of thiol groups is 1. The van der Waals surface area contributed by atoms with Crippen LogP contribution in [0.3, 0.4) is 0 Å². The summed E-state index contributed by atoms with van der Waals surface area (Å²) in [5, 5.41) is 0.337. The lowest BCUT2D eigenvalue weighted by Gasteiger charge is -2.33. The second kappa shape index (κ2) is 4.67. The molecule has 0 aromatic heterocycles.